The van der Waals surface area contributed by atoms with Crippen molar-refractivity contribution in [1.82, 2.24) is 15.1 Å². The molecule has 2 aromatic rings. The van der Waals surface area contributed by atoms with Crippen LogP contribution in [-0.4, -0.2) is 33.6 Å². The van der Waals surface area contributed by atoms with Gasteiger partial charge >= 0.3 is 5.69 Å². The summed E-state index contributed by atoms with van der Waals surface area (Å²) in [6.45, 7) is 4.47. The lowest BCUT2D eigenvalue weighted by Gasteiger charge is -2.18. The first kappa shape index (κ1) is 15.7. The molecule has 0 atom stereocenters. The Labute approximate surface area is 127 Å². The van der Waals surface area contributed by atoms with Gasteiger partial charge < -0.3 is 14.7 Å². The fraction of sp³-hybridized carbons (Fsp3) is 0.462. The fourth-order valence-electron chi connectivity index (χ4n) is 1.96. The zero-order valence-electron chi connectivity index (χ0n) is 12.7. The van der Waals surface area contributed by atoms with E-state index >= 15 is 0 Å². The molecule has 0 aromatic carbocycles. The summed E-state index contributed by atoms with van der Waals surface area (Å²) in [7, 11) is 1.77. The van der Waals surface area contributed by atoms with Crippen LogP contribution >= 0.6 is 0 Å². The van der Waals surface area contributed by atoms with Crippen molar-refractivity contribution in [3.05, 3.63) is 28.3 Å². The Hall–Kier alpha value is -2.71. The summed E-state index contributed by atoms with van der Waals surface area (Å²) in [5, 5.41) is 18.0. The highest BCUT2D eigenvalue weighted by Gasteiger charge is 2.26. The first-order chi connectivity index (χ1) is 10.5. The molecule has 22 heavy (non-hydrogen) atoms. The Kier molecular flexibility index (Phi) is 4.87. The zero-order valence-corrected chi connectivity index (χ0v) is 12.7. The summed E-state index contributed by atoms with van der Waals surface area (Å²) in [6, 6.07) is 1.63. The molecule has 0 unspecified atom stereocenters. The lowest BCUT2D eigenvalue weighted by atomic mass is 10.3. The molecule has 2 rings (SSSR count). The largest absolute Gasteiger partial charge is 0.360 e. The van der Waals surface area contributed by atoms with Crippen molar-refractivity contribution in [2.24, 2.45) is 0 Å². The van der Waals surface area contributed by atoms with E-state index < -0.39 is 4.92 Å². The smallest absolute Gasteiger partial charge is 0.353 e. The van der Waals surface area contributed by atoms with Crippen molar-refractivity contribution in [1.29, 1.82) is 0 Å². The van der Waals surface area contributed by atoms with E-state index in [9.17, 15) is 10.1 Å². The van der Waals surface area contributed by atoms with Gasteiger partial charge in [-0.2, -0.15) is 0 Å². The molecular formula is C13H18N6O3. The van der Waals surface area contributed by atoms with Crippen LogP contribution < -0.4 is 10.2 Å². The lowest BCUT2D eigenvalue weighted by Crippen LogP contribution is -2.21. The SMILES string of the molecule is CCCCN(C)c1ncnc(Nc2cc(C)on2)c1[N+](=O)[O-]. The zero-order chi connectivity index (χ0) is 16.1. The lowest BCUT2D eigenvalue weighted by molar-refractivity contribution is -0.383. The molecule has 1 N–H and O–H groups in total. The molecule has 0 aliphatic heterocycles. The van der Waals surface area contributed by atoms with Gasteiger partial charge in [0.15, 0.2) is 5.82 Å². The van der Waals surface area contributed by atoms with Crippen molar-refractivity contribution in [2.75, 3.05) is 23.8 Å². The molecule has 0 aliphatic carbocycles. The number of nitrogens with one attached hydrogen (secondary N) is 1. The number of nitro groups is 1. The van der Waals surface area contributed by atoms with E-state index in [1.54, 1.807) is 24.9 Å². The molecule has 2 heterocycles. The summed E-state index contributed by atoms with van der Waals surface area (Å²) >= 11 is 0. The van der Waals surface area contributed by atoms with Crippen LogP contribution in [0.2, 0.25) is 0 Å². The van der Waals surface area contributed by atoms with Gasteiger partial charge in [0.1, 0.15) is 12.1 Å². The average Bonchev–Trinajstić information content (AvgIpc) is 2.89. The van der Waals surface area contributed by atoms with Gasteiger partial charge in [0, 0.05) is 19.7 Å². The first-order valence-electron chi connectivity index (χ1n) is 6.93. The molecule has 9 nitrogen and oxygen atoms in total. The maximum Gasteiger partial charge on any atom is 0.353 e. The van der Waals surface area contributed by atoms with Gasteiger partial charge in [-0.05, 0) is 13.3 Å². The molecule has 2 aromatic heterocycles. The van der Waals surface area contributed by atoms with Crippen LogP contribution in [0.4, 0.5) is 23.1 Å². The Morgan fingerprint density at radius 3 is 2.82 bits per heavy atom. The summed E-state index contributed by atoms with van der Waals surface area (Å²) in [5.74, 6) is 1.32. The van der Waals surface area contributed by atoms with E-state index in [4.69, 9.17) is 4.52 Å². The highest BCUT2D eigenvalue weighted by molar-refractivity contribution is 5.73. The average molecular weight is 306 g/mol. The van der Waals surface area contributed by atoms with E-state index in [-0.39, 0.29) is 17.3 Å². The van der Waals surface area contributed by atoms with Crippen LogP contribution in [0.1, 0.15) is 25.5 Å². The van der Waals surface area contributed by atoms with Gasteiger partial charge in [-0.1, -0.05) is 18.5 Å². The molecule has 0 bridgehead atoms. The van der Waals surface area contributed by atoms with Crippen molar-refractivity contribution in [2.45, 2.75) is 26.7 Å². The van der Waals surface area contributed by atoms with Crippen LogP contribution in [0.15, 0.2) is 16.9 Å². The standard InChI is InChI=1S/C13H18N6O3/c1-4-5-6-18(3)13-11(19(20)21)12(14-8-15-13)16-10-7-9(2)22-17-10/h7-8H,4-6H2,1-3H3,(H,14,15,16,17). The van der Waals surface area contributed by atoms with E-state index in [1.165, 1.54) is 6.33 Å². The van der Waals surface area contributed by atoms with Crippen LogP contribution in [0.25, 0.3) is 0 Å². The number of rotatable bonds is 7. The molecule has 0 spiro atoms. The van der Waals surface area contributed by atoms with Gasteiger partial charge in [0.05, 0.1) is 4.92 Å². The predicted octanol–water partition coefficient (Wildman–Crippen LogP) is 2.66. The summed E-state index contributed by atoms with van der Waals surface area (Å²) in [5.41, 5.74) is -0.179. The minimum absolute atomic E-state index is 0.0895. The van der Waals surface area contributed by atoms with Crippen LogP contribution in [0.3, 0.4) is 0 Å². The Morgan fingerprint density at radius 2 is 2.23 bits per heavy atom. The maximum absolute atomic E-state index is 11.4. The maximum atomic E-state index is 11.4. The molecule has 0 radical (unpaired) electrons. The second-order valence-corrected chi connectivity index (χ2v) is 4.87. The normalized spacial score (nSPS) is 10.5. The quantitative estimate of drug-likeness (QED) is 0.614. The number of hydrogen-bond acceptors (Lipinski definition) is 8. The van der Waals surface area contributed by atoms with Gasteiger partial charge in [0.25, 0.3) is 0 Å². The molecular weight excluding hydrogens is 288 g/mol. The number of unbranched alkanes of at least 4 members (excludes halogenated alkanes) is 1. The molecule has 0 aliphatic rings. The van der Waals surface area contributed by atoms with Crippen molar-refractivity contribution in [3.63, 3.8) is 0 Å². The number of hydrogen-bond donors (Lipinski definition) is 1. The first-order valence-corrected chi connectivity index (χ1v) is 6.93. The predicted molar refractivity (Wildman–Crippen MR) is 81.4 cm³/mol. The van der Waals surface area contributed by atoms with Crippen molar-refractivity contribution in [3.8, 4) is 0 Å². The van der Waals surface area contributed by atoms with E-state index in [2.05, 4.69) is 27.4 Å². The van der Waals surface area contributed by atoms with Gasteiger partial charge in [-0.15, -0.1) is 0 Å². The highest BCUT2D eigenvalue weighted by Crippen LogP contribution is 2.32. The third-order valence-electron chi connectivity index (χ3n) is 3.07. The second-order valence-electron chi connectivity index (χ2n) is 4.87. The van der Waals surface area contributed by atoms with Gasteiger partial charge in [0.2, 0.25) is 11.6 Å². The summed E-state index contributed by atoms with van der Waals surface area (Å²) in [4.78, 5) is 20.7. The van der Waals surface area contributed by atoms with E-state index in [1.807, 2.05) is 0 Å². The van der Waals surface area contributed by atoms with Crippen molar-refractivity contribution >= 4 is 23.1 Å². The number of aromatic nitrogens is 3. The molecule has 9 heteroatoms. The topological polar surface area (TPSA) is 110 Å². The highest BCUT2D eigenvalue weighted by atomic mass is 16.6. The minimum atomic E-state index is -0.493. The fourth-order valence-corrected chi connectivity index (χ4v) is 1.96. The van der Waals surface area contributed by atoms with Crippen LogP contribution in [0, 0.1) is 17.0 Å². The molecule has 0 amide bonds. The van der Waals surface area contributed by atoms with Crippen LogP contribution in [0.5, 0.6) is 0 Å². The third kappa shape index (κ3) is 3.48. The number of aryl methyl sites for hydroxylation is 1. The Morgan fingerprint density at radius 1 is 1.45 bits per heavy atom. The molecule has 0 saturated carbocycles. The Bertz CT molecular complexity index is 657. The second kappa shape index (κ2) is 6.83. The number of anilines is 3. The molecule has 0 fully saturated rings. The molecule has 0 saturated heterocycles. The van der Waals surface area contributed by atoms with Gasteiger partial charge in [-0.25, -0.2) is 9.97 Å². The van der Waals surface area contributed by atoms with E-state index in [0.717, 1.165) is 12.8 Å². The van der Waals surface area contributed by atoms with Crippen molar-refractivity contribution < 1.29 is 9.45 Å². The number of nitrogens with zero attached hydrogens (tertiary/aromatic N) is 5. The van der Waals surface area contributed by atoms with Gasteiger partial charge in [-0.3, -0.25) is 10.1 Å². The summed E-state index contributed by atoms with van der Waals surface area (Å²) < 4.78 is 4.93. The van der Waals surface area contributed by atoms with Crippen LogP contribution in [-0.2, 0) is 0 Å². The summed E-state index contributed by atoms with van der Waals surface area (Å²) in [6.07, 6.45) is 3.20. The van der Waals surface area contributed by atoms with E-state index in [0.29, 0.717) is 18.1 Å². The monoisotopic (exact) mass is 306 g/mol. The minimum Gasteiger partial charge on any atom is -0.360 e. The Balaban J connectivity index is 2.35. The molecule has 118 valence electrons. The third-order valence-corrected chi connectivity index (χ3v) is 3.07.